The third-order valence-corrected chi connectivity index (χ3v) is 20.3. The SMILES string of the molecule is CCC(C)C1OC2(C=CC1C)CC1CC(CC=C(C)C(OC3CC(OC)C(OC4CC(OC)C(O)C(C)O4)C(C)O3)C(C)C=CC=C3COC4C(O)C(C)=CC(C(=O)O1)C34O)O2.N=C(N)c1ccc(OCCCCCOc2ccc(C(=N)N)cc2)cc1.O=S(=O)(O)CCO.O=S(=O)(O)CCO. The van der Waals surface area contributed by atoms with Gasteiger partial charge in [-0.1, -0.05) is 70.6 Å². The molecule has 2 aromatic carbocycles. The third kappa shape index (κ3) is 24.5. The van der Waals surface area contributed by atoms with Gasteiger partial charge in [0.05, 0.1) is 87.3 Å². The molecule has 0 radical (unpaired) electrons. The molecule has 101 heavy (non-hydrogen) atoms. The van der Waals surface area contributed by atoms with E-state index in [1.165, 1.54) is 0 Å². The molecule has 30 heteroatoms. The Morgan fingerprint density at radius 1 is 0.733 bits per heavy atom. The Bertz CT molecular complexity index is 3280. The van der Waals surface area contributed by atoms with Crippen LogP contribution in [0.2, 0.25) is 0 Å². The quantitative estimate of drug-likeness (QED) is 0.0161. The van der Waals surface area contributed by atoms with Crippen molar-refractivity contribution in [1.82, 2.24) is 0 Å². The summed E-state index contributed by atoms with van der Waals surface area (Å²) in [5.74, 6) is -2.03. The van der Waals surface area contributed by atoms with Gasteiger partial charge in [-0.05, 0) is 131 Å². The first-order valence-corrected chi connectivity index (χ1v) is 37.5. The van der Waals surface area contributed by atoms with Crippen LogP contribution in [0, 0.1) is 34.5 Å². The van der Waals surface area contributed by atoms with Crippen LogP contribution in [0.25, 0.3) is 0 Å². The molecular formula is C71H108N4O24S2. The number of fused-ring (bicyclic) bond motifs is 2. The van der Waals surface area contributed by atoms with E-state index in [2.05, 4.69) is 39.8 Å². The molecule has 20 atom stereocenters. The predicted octanol–water partition coefficient (Wildman–Crippen LogP) is 5.99. The fourth-order valence-corrected chi connectivity index (χ4v) is 13.5. The van der Waals surface area contributed by atoms with Crippen molar-refractivity contribution in [2.75, 3.05) is 58.8 Å². The van der Waals surface area contributed by atoms with Crippen LogP contribution in [-0.2, 0) is 72.4 Å². The van der Waals surface area contributed by atoms with E-state index >= 15 is 0 Å². The molecule has 20 unspecified atom stereocenters. The molecule has 1 spiro atoms. The van der Waals surface area contributed by atoms with Crippen LogP contribution in [0.3, 0.4) is 0 Å². The topological polar surface area (TPSA) is 437 Å². The Hall–Kier alpha value is -5.59. The zero-order valence-electron chi connectivity index (χ0n) is 59.4. The number of allylic oxidation sites excluding steroid dienone is 2. The minimum atomic E-state index is -3.92. The largest absolute Gasteiger partial charge is 0.494 e. The predicted molar refractivity (Wildman–Crippen MR) is 374 cm³/mol. The molecule has 7 aliphatic rings. The highest BCUT2D eigenvalue weighted by molar-refractivity contribution is 7.86. The Labute approximate surface area is 593 Å². The Kier molecular flexibility index (Phi) is 32.5. The van der Waals surface area contributed by atoms with E-state index < -0.39 is 136 Å². The summed E-state index contributed by atoms with van der Waals surface area (Å²) >= 11 is 0. The first-order valence-electron chi connectivity index (χ1n) is 34.3. The number of unbranched alkanes of at least 4 members (excludes halogenated alkanes) is 2. The molecule has 0 amide bonds. The van der Waals surface area contributed by atoms with Gasteiger partial charge in [-0.3, -0.25) is 24.7 Å². The molecule has 1 aliphatic carbocycles. The van der Waals surface area contributed by atoms with Crippen LogP contribution in [0.15, 0.2) is 108 Å². The van der Waals surface area contributed by atoms with Crippen LogP contribution < -0.4 is 20.9 Å². The number of carbonyl (C=O) groups excluding carboxylic acids is 1. The summed E-state index contributed by atoms with van der Waals surface area (Å²) in [6, 6.07) is 14.4. The van der Waals surface area contributed by atoms with E-state index in [4.69, 9.17) is 98.4 Å². The molecule has 13 N–H and O–H groups in total. The smallest absolute Gasteiger partial charge is 0.316 e. The minimum absolute atomic E-state index is 0.0317. The summed E-state index contributed by atoms with van der Waals surface area (Å²) in [7, 11) is -4.63. The molecule has 2 bridgehead atoms. The van der Waals surface area contributed by atoms with Gasteiger partial charge >= 0.3 is 5.97 Å². The number of methoxy groups -OCH3 is 2. The van der Waals surface area contributed by atoms with Gasteiger partial charge in [0, 0.05) is 62.9 Å². The number of nitrogens with one attached hydrogen (secondary N) is 2. The van der Waals surface area contributed by atoms with Crippen LogP contribution in [0.1, 0.15) is 124 Å². The highest BCUT2D eigenvalue weighted by Crippen LogP contribution is 2.47. The lowest BCUT2D eigenvalue weighted by Gasteiger charge is -2.48. The van der Waals surface area contributed by atoms with Crippen LogP contribution in [0.4, 0.5) is 0 Å². The Morgan fingerprint density at radius 3 is 1.81 bits per heavy atom. The van der Waals surface area contributed by atoms with Crippen molar-refractivity contribution >= 4 is 37.9 Å². The molecule has 4 fully saturated rings. The summed E-state index contributed by atoms with van der Waals surface area (Å²) in [4.78, 5) is 14.3. The fraction of sp³-hybridized carbons (Fsp3) is 0.648. The summed E-state index contributed by atoms with van der Waals surface area (Å²) in [5.41, 5.74) is 12.3. The number of aliphatic hydroxyl groups is 5. The number of nitrogens with two attached hydrogens (primary N) is 2. The molecule has 6 aliphatic heterocycles. The van der Waals surface area contributed by atoms with E-state index in [0.29, 0.717) is 67.6 Å². The summed E-state index contributed by atoms with van der Waals surface area (Å²) in [5, 5.41) is 64.6. The maximum atomic E-state index is 14.3. The molecule has 9 rings (SSSR count). The van der Waals surface area contributed by atoms with Crippen LogP contribution >= 0.6 is 0 Å². The first kappa shape index (κ1) is 84.3. The molecule has 0 saturated carbocycles. The molecule has 0 aromatic heterocycles. The van der Waals surface area contributed by atoms with Crippen molar-refractivity contribution in [3.63, 3.8) is 0 Å². The number of hydrogen-bond acceptors (Lipinski definition) is 24. The monoisotopic (exact) mass is 1460 g/mol. The van der Waals surface area contributed by atoms with Gasteiger partial charge in [0.15, 0.2) is 18.4 Å². The second-order valence-electron chi connectivity index (χ2n) is 26.6. The van der Waals surface area contributed by atoms with E-state index in [1.54, 1.807) is 64.5 Å². The van der Waals surface area contributed by atoms with Crippen molar-refractivity contribution in [1.29, 1.82) is 10.8 Å². The number of hydrogen-bond donors (Lipinski definition) is 11. The lowest BCUT2D eigenvalue weighted by Crippen LogP contribution is -2.58. The lowest BCUT2D eigenvalue weighted by molar-refractivity contribution is -0.318. The van der Waals surface area contributed by atoms with Gasteiger partial charge < -0.3 is 93.8 Å². The molecule has 6 heterocycles. The number of aliphatic hydroxyl groups excluding tert-OH is 4. The highest BCUT2D eigenvalue weighted by Gasteiger charge is 2.60. The number of amidine groups is 2. The van der Waals surface area contributed by atoms with E-state index in [-0.39, 0.29) is 54.3 Å². The zero-order valence-corrected chi connectivity index (χ0v) is 61.0. The van der Waals surface area contributed by atoms with Gasteiger partial charge in [-0.25, -0.2) is 0 Å². The number of nitrogen functional groups attached to an aromatic ring is 2. The van der Waals surface area contributed by atoms with Gasteiger partial charge in [0.25, 0.3) is 20.2 Å². The Morgan fingerprint density at radius 2 is 1.29 bits per heavy atom. The minimum Gasteiger partial charge on any atom is -0.494 e. The average Bonchev–Trinajstić information content (AvgIpc) is 1.62. The first-order chi connectivity index (χ1) is 47.7. The number of ether oxygens (including phenoxy) is 12. The van der Waals surface area contributed by atoms with E-state index in [9.17, 15) is 36.9 Å². The second kappa shape index (κ2) is 39.0. The van der Waals surface area contributed by atoms with E-state index in [0.717, 1.165) is 42.8 Å². The maximum Gasteiger partial charge on any atom is 0.316 e. The zero-order chi connectivity index (χ0) is 74.6. The second-order valence-corrected chi connectivity index (χ2v) is 29.8. The summed E-state index contributed by atoms with van der Waals surface area (Å²) in [6.45, 7) is 16.3. The Balaban J connectivity index is 0.000000335. The average molecular weight is 1470 g/mol. The third-order valence-electron chi connectivity index (χ3n) is 18.9. The standard InChI is InChI=1S/C48H72O14.C19H24N4O2.2C2H6O4S/c1-11-25(2)43-28(5)17-18-47(62-43)23-34-20-33(61-47)16-15-27(4)42(26(3)13-12-14-32-24-55-45-40(49)29(6)19-35(46(51)58-34)48(32,45)52)59-39-22-37(54-10)44(31(8)57-39)60-38-21-36(53-9)41(50)30(7)56-38;20-18(21)14-4-8-16(9-5-14)24-12-2-1-3-13-25-17-10-6-15(7-11-17)19(22)23;2*3-1-2-7(4,5)6/h12-15,17-19,25-26,28,30-31,33-45,49-50,52H,11,16,20-24H2,1-10H3;4-11H,1-3,12-13H2,(H3,20,21)(H3,22,23);2*3H,1-2H2,(H,4,5,6). The van der Waals surface area contributed by atoms with Gasteiger partial charge in [-0.15, -0.1) is 0 Å². The van der Waals surface area contributed by atoms with Gasteiger partial charge in [0.1, 0.15) is 65.2 Å². The van der Waals surface area contributed by atoms with Crippen molar-refractivity contribution in [2.24, 2.45) is 35.1 Å². The van der Waals surface area contributed by atoms with Crippen molar-refractivity contribution in [3.05, 3.63) is 119 Å². The molecule has 28 nitrogen and oxygen atoms in total. The molecule has 568 valence electrons. The number of benzene rings is 2. The molecule has 2 aromatic rings. The van der Waals surface area contributed by atoms with Gasteiger partial charge in [0.2, 0.25) is 0 Å². The molecule has 4 saturated heterocycles. The number of esters is 1. The van der Waals surface area contributed by atoms with Gasteiger partial charge in [-0.2, -0.15) is 16.8 Å². The van der Waals surface area contributed by atoms with Crippen molar-refractivity contribution in [2.45, 2.75) is 210 Å². The number of rotatable bonds is 22. The lowest BCUT2D eigenvalue weighted by atomic mass is 9.71. The van der Waals surface area contributed by atoms with E-state index in [1.807, 2.05) is 56.3 Å². The summed E-state index contributed by atoms with van der Waals surface area (Å²) in [6.07, 6.45) is 11.4. The highest BCUT2D eigenvalue weighted by atomic mass is 32.2. The van der Waals surface area contributed by atoms with Crippen LogP contribution in [-0.4, -0.2) is 225 Å². The normalized spacial score (nSPS) is 33.0. The van der Waals surface area contributed by atoms with Crippen LogP contribution in [0.5, 0.6) is 11.5 Å². The molecular weight excluding hydrogens is 1360 g/mol. The number of carbonyl (C=O) groups is 1. The van der Waals surface area contributed by atoms with Crippen molar-refractivity contribution < 1.29 is 113 Å². The maximum absolute atomic E-state index is 14.3. The fourth-order valence-electron chi connectivity index (χ4n) is 13.0. The van der Waals surface area contributed by atoms with Crippen molar-refractivity contribution in [3.8, 4) is 11.5 Å². The summed E-state index contributed by atoms with van der Waals surface area (Å²) < 4.78 is 129.